The second-order valence-corrected chi connectivity index (χ2v) is 9.06. The third-order valence-corrected chi connectivity index (χ3v) is 5.80. The zero-order chi connectivity index (χ0) is 26.2. The molecule has 1 heterocycles. The third-order valence-electron chi connectivity index (χ3n) is 5.80. The van der Waals surface area contributed by atoms with Gasteiger partial charge in [0.2, 0.25) is 5.95 Å². The topological polar surface area (TPSA) is 91.6 Å². The van der Waals surface area contributed by atoms with Gasteiger partial charge in [0.25, 0.3) is 5.91 Å². The molecule has 0 fully saturated rings. The van der Waals surface area contributed by atoms with Gasteiger partial charge >= 0.3 is 0 Å². The fourth-order valence-corrected chi connectivity index (χ4v) is 3.90. The van der Waals surface area contributed by atoms with Crippen molar-refractivity contribution in [2.75, 3.05) is 46.3 Å². The van der Waals surface area contributed by atoms with Crippen molar-refractivity contribution in [3.8, 4) is 28.8 Å². The van der Waals surface area contributed by atoms with Gasteiger partial charge in [0.15, 0.2) is 11.5 Å². The lowest BCUT2D eigenvalue weighted by Crippen LogP contribution is -2.31. The van der Waals surface area contributed by atoms with Gasteiger partial charge in [-0.1, -0.05) is 32.0 Å². The highest BCUT2D eigenvalue weighted by Crippen LogP contribution is 2.28. The fraction of sp³-hybridized carbons (Fsp3) is 0.357. The molecule has 3 rings (SSSR count). The average molecular weight is 488 g/mol. The summed E-state index contributed by atoms with van der Waals surface area (Å²) in [7, 11) is 6.94. The molecule has 0 unspecified atom stereocenters. The van der Waals surface area contributed by atoms with Crippen LogP contribution in [0.1, 0.15) is 35.3 Å². The van der Waals surface area contributed by atoms with Gasteiger partial charge < -0.3 is 19.3 Å². The van der Waals surface area contributed by atoms with E-state index in [2.05, 4.69) is 24.9 Å². The Morgan fingerprint density at radius 2 is 1.75 bits per heavy atom. The van der Waals surface area contributed by atoms with Crippen LogP contribution in [0.25, 0.3) is 11.3 Å². The van der Waals surface area contributed by atoms with Crippen LogP contribution in [-0.4, -0.2) is 62.2 Å². The summed E-state index contributed by atoms with van der Waals surface area (Å²) in [6, 6.07) is 15.1. The van der Waals surface area contributed by atoms with Crippen molar-refractivity contribution in [1.29, 1.82) is 5.26 Å². The Morgan fingerprint density at radius 1 is 1.06 bits per heavy atom. The van der Waals surface area contributed by atoms with Gasteiger partial charge in [-0.3, -0.25) is 4.79 Å². The number of amides is 1. The van der Waals surface area contributed by atoms with Gasteiger partial charge in [-0.2, -0.15) is 5.26 Å². The van der Waals surface area contributed by atoms with Crippen LogP contribution in [0.3, 0.4) is 0 Å². The number of ether oxygens (including phenoxy) is 2. The van der Waals surface area contributed by atoms with E-state index in [0.29, 0.717) is 53.3 Å². The molecule has 0 bridgehead atoms. The maximum atomic E-state index is 13.3. The molecule has 36 heavy (non-hydrogen) atoms. The predicted octanol–water partition coefficient (Wildman–Crippen LogP) is 4.44. The van der Waals surface area contributed by atoms with E-state index in [-0.39, 0.29) is 5.91 Å². The standard InChI is InChI=1S/C28H33N5O3/c1-19(2)18-33(4)27(34)23-17-30-28(31-26(23)22-10-7-21(16-29)8-11-22)32(3)14-13-20-9-12-24(35-5)25(15-20)36-6/h7-12,15,17,19H,13-14,18H2,1-6H3. The monoisotopic (exact) mass is 487 g/mol. The minimum absolute atomic E-state index is 0.136. The average Bonchev–Trinajstić information content (AvgIpc) is 2.90. The first-order chi connectivity index (χ1) is 17.3. The molecule has 0 spiro atoms. The number of nitrogens with zero attached hydrogens (tertiary/aromatic N) is 5. The maximum Gasteiger partial charge on any atom is 0.257 e. The first kappa shape index (κ1) is 26.5. The number of carbonyl (C=O) groups excluding carboxylic acids is 1. The minimum atomic E-state index is -0.136. The van der Waals surface area contributed by atoms with Gasteiger partial charge in [-0.15, -0.1) is 0 Å². The summed E-state index contributed by atoms with van der Waals surface area (Å²) in [5, 5.41) is 9.17. The number of benzene rings is 2. The van der Waals surface area contributed by atoms with Crippen molar-refractivity contribution in [3.63, 3.8) is 0 Å². The number of aromatic nitrogens is 2. The molecule has 1 amide bonds. The summed E-state index contributed by atoms with van der Waals surface area (Å²) >= 11 is 0. The van der Waals surface area contributed by atoms with E-state index < -0.39 is 0 Å². The molecule has 0 aliphatic carbocycles. The SMILES string of the molecule is COc1ccc(CCN(C)c2ncc(C(=O)N(C)CC(C)C)c(-c3ccc(C#N)cc3)n2)cc1OC. The number of anilines is 1. The molecule has 1 aromatic heterocycles. The second-order valence-electron chi connectivity index (χ2n) is 9.06. The molecule has 0 saturated carbocycles. The van der Waals surface area contributed by atoms with Crippen LogP contribution < -0.4 is 14.4 Å². The van der Waals surface area contributed by atoms with Crippen molar-refractivity contribution in [2.45, 2.75) is 20.3 Å². The number of likely N-dealkylation sites (N-methyl/N-ethyl adjacent to an activating group) is 1. The van der Waals surface area contributed by atoms with E-state index in [0.717, 1.165) is 17.5 Å². The Balaban J connectivity index is 1.90. The second kappa shape index (κ2) is 12.0. The zero-order valence-electron chi connectivity index (χ0n) is 21.8. The van der Waals surface area contributed by atoms with Crippen molar-refractivity contribution in [3.05, 3.63) is 65.4 Å². The van der Waals surface area contributed by atoms with Crippen LogP contribution in [-0.2, 0) is 6.42 Å². The normalized spacial score (nSPS) is 10.6. The molecule has 0 saturated heterocycles. The van der Waals surface area contributed by atoms with Gasteiger partial charge in [-0.25, -0.2) is 9.97 Å². The van der Waals surface area contributed by atoms with E-state index in [1.807, 2.05) is 42.3 Å². The van der Waals surface area contributed by atoms with Crippen LogP contribution in [0.2, 0.25) is 0 Å². The Hall–Kier alpha value is -4.12. The molecule has 8 heteroatoms. The summed E-state index contributed by atoms with van der Waals surface area (Å²) in [4.78, 5) is 26.2. The van der Waals surface area contributed by atoms with Gasteiger partial charge in [0, 0.05) is 38.9 Å². The van der Waals surface area contributed by atoms with E-state index in [1.54, 1.807) is 44.5 Å². The number of hydrogen-bond donors (Lipinski definition) is 0. The van der Waals surface area contributed by atoms with Gasteiger partial charge in [0.05, 0.1) is 37.1 Å². The third kappa shape index (κ3) is 6.30. The summed E-state index contributed by atoms with van der Waals surface area (Å²) < 4.78 is 10.7. The van der Waals surface area contributed by atoms with Crippen molar-refractivity contribution in [1.82, 2.24) is 14.9 Å². The van der Waals surface area contributed by atoms with E-state index in [1.165, 1.54) is 0 Å². The fourth-order valence-electron chi connectivity index (χ4n) is 3.90. The molecule has 0 N–H and O–H groups in total. The number of rotatable bonds is 10. The summed E-state index contributed by atoms with van der Waals surface area (Å²) in [5.41, 5.74) is 3.37. The lowest BCUT2D eigenvalue weighted by Gasteiger charge is -2.22. The first-order valence-electron chi connectivity index (χ1n) is 11.8. The van der Waals surface area contributed by atoms with E-state index in [9.17, 15) is 10.1 Å². The van der Waals surface area contributed by atoms with Crippen molar-refractivity contribution >= 4 is 11.9 Å². The molecule has 3 aromatic rings. The van der Waals surface area contributed by atoms with Crippen molar-refractivity contribution in [2.24, 2.45) is 5.92 Å². The molecule has 0 aliphatic rings. The van der Waals surface area contributed by atoms with E-state index in [4.69, 9.17) is 14.5 Å². The summed E-state index contributed by atoms with van der Waals surface area (Å²) in [5.74, 6) is 2.08. The highest BCUT2D eigenvalue weighted by Gasteiger charge is 2.21. The molecule has 0 atom stereocenters. The highest BCUT2D eigenvalue weighted by atomic mass is 16.5. The number of carbonyl (C=O) groups is 1. The van der Waals surface area contributed by atoms with Crippen LogP contribution in [0, 0.1) is 17.2 Å². The zero-order valence-corrected chi connectivity index (χ0v) is 21.8. The molecule has 2 aromatic carbocycles. The maximum absolute atomic E-state index is 13.3. The van der Waals surface area contributed by atoms with Gasteiger partial charge in [0.1, 0.15) is 0 Å². The molecular formula is C28H33N5O3. The quantitative estimate of drug-likeness (QED) is 0.417. The summed E-state index contributed by atoms with van der Waals surface area (Å²) in [6.45, 7) is 5.41. The highest BCUT2D eigenvalue weighted by molar-refractivity contribution is 5.99. The Bertz CT molecular complexity index is 1230. The first-order valence-corrected chi connectivity index (χ1v) is 11.8. The largest absolute Gasteiger partial charge is 0.493 e. The minimum Gasteiger partial charge on any atom is -0.493 e. The molecule has 188 valence electrons. The summed E-state index contributed by atoms with van der Waals surface area (Å²) in [6.07, 6.45) is 2.34. The number of nitriles is 1. The van der Waals surface area contributed by atoms with Crippen LogP contribution >= 0.6 is 0 Å². The smallest absolute Gasteiger partial charge is 0.257 e. The Labute approximate surface area is 213 Å². The van der Waals surface area contributed by atoms with Crippen LogP contribution in [0.5, 0.6) is 11.5 Å². The molecule has 0 radical (unpaired) electrons. The predicted molar refractivity (Wildman–Crippen MR) is 141 cm³/mol. The van der Waals surface area contributed by atoms with Crippen LogP contribution in [0.15, 0.2) is 48.7 Å². The van der Waals surface area contributed by atoms with Crippen LogP contribution in [0.4, 0.5) is 5.95 Å². The van der Waals surface area contributed by atoms with Gasteiger partial charge in [-0.05, 0) is 42.2 Å². The number of hydrogen-bond acceptors (Lipinski definition) is 7. The lowest BCUT2D eigenvalue weighted by molar-refractivity contribution is 0.0779. The Kier molecular flexibility index (Phi) is 8.85. The number of methoxy groups -OCH3 is 2. The lowest BCUT2D eigenvalue weighted by atomic mass is 10.0. The molecule has 8 nitrogen and oxygen atoms in total. The van der Waals surface area contributed by atoms with Crippen molar-refractivity contribution < 1.29 is 14.3 Å². The molecular weight excluding hydrogens is 454 g/mol. The van der Waals surface area contributed by atoms with E-state index >= 15 is 0 Å². The molecule has 0 aliphatic heterocycles. The Morgan fingerprint density at radius 3 is 2.36 bits per heavy atom.